The Kier molecular flexibility index (Phi) is 6.61. The quantitative estimate of drug-likeness (QED) is 0.643. The maximum atomic E-state index is 11.7. The minimum atomic E-state index is -0.00896. The number of hydrogen-bond acceptors (Lipinski definition) is 2. The third kappa shape index (κ3) is 6.09. The van der Waals surface area contributed by atoms with Crippen LogP contribution in [-0.2, 0) is 9.53 Å². The standard InChI is InChI=1S/C15H27O2/c1-12(2)14-10-6-4-8-13(3)9-5-7-11-15(16)17-14/h9,12-14H,4-8,10-11H2,1-3H3/t13-,14-/m1/s1. The van der Waals surface area contributed by atoms with Gasteiger partial charge in [0.05, 0.1) is 0 Å². The molecule has 0 aromatic heterocycles. The predicted molar refractivity (Wildman–Crippen MR) is 70.5 cm³/mol. The Balaban J connectivity index is 2.46. The molecular formula is C15H27O2. The number of carbonyl (C=O) groups excluding carboxylic acids is 1. The molecule has 1 heterocycles. The number of cyclic esters (lactones) is 1. The number of carbonyl (C=O) groups is 1. The van der Waals surface area contributed by atoms with Crippen molar-refractivity contribution in [3.8, 4) is 0 Å². The highest BCUT2D eigenvalue weighted by molar-refractivity contribution is 5.69. The van der Waals surface area contributed by atoms with Crippen LogP contribution in [-0.4, -0.2) is 12.1 Å². The van der Waals surface area contributed by atoms with Crippen LogP contribution >= 0.6 is 0 Å². The zero-order valence-electron chi connectivity index (χ0n) is 11.6. The summed E-state index contributed by atoms with van der Waals surface area (Å²) in [4.78, 5) is 11.7. The molecule has 1 aliphatic rings. The summed E-state index contributed by atoms with van der Waals surface area (Å²) < 4.78 is 5.56. The van der Waals surface area contributed by atoms with E-state index in [0.29, 0.717) is 18.3 Å². The molecule has 1 aliphatic heterocycles. The molecular weight excluding hydrogens is 212 g/mol. The Morgan fingerprint density at radius 3 is 2.65 bits per heavy atom. The van der Waals surface area contributed by atoms with Gasteiger partial charge in [-0.05, 0) is 43.9 Å². The largest absolute Gasteiger partial charge is 0.462 e. The summed E-state index contributed by atoms with van der Waals surface area (Å²) in [6.07, 6.45) is 9.76. The van der Waals surface area contributed by atoms with Gasteiger partial charge < -0.3 is 4.74 Å². The second kappa shape index (κ2) is 7.73. The number of esters is 1. The van der Waals surface area contributed by atoms with E-state index in [1.165, 1.54) is 19.3 Å². The Morgan fingerprint density at radius 2 is 1.94 bits per heavy atom. The van der Waals surface area contributed by atoms with Gasteiger partial charge in [0.1, 0.15) is 6.10 Å². The predicted octanol–water partition coefficient (Wildman–Crippen LogP) is 4.14. The van der Waals surface area contributed by atoms with Crippen LogP contribution in [0.3, 0.4) is 0 Å². The maximum absolute atomic E-state index is 11.7. The summed E-state index contributed by atoms with van der Waals surface area (Å²) in [6, 6.07) is 0. The number of rotatable bonds is 1. The first kappa shape index (κ1) is 14.5. The minimum Gasteiger partial charge on any atom is -0.462 e. The molecule has 1 rings (SSSR count). The third-order valence-electron chi connectivity index (χ3n) is 3.58. The lowest BCUT2D eigenvalue weighted by Gasteiger charge is -2.22. The second-order valence-corrected chi connectivity index (χ2v) is 5.66. The molecule has 2 atom stereocenters. The highest BCUT2D eigenvalue weighted by Gasteiger charge is 2.18. The Labute approximate surface area is 106 Å². The monoisotopic (exact) mass is 239 g/mol. The normalized spacial score (nSPS) is 29.3. The molecule has 1 saturated heterocycles. The number of hydrogen-bond donors (Lipinski definition) is 0. The van der Waals surface area contributed by atoms with Crippen molar-refractivity contribution < 1.29 is 9.53 Å². The SMILES string of the molecule is CC(C)[C@H]1CCCC[C@@H](C)[CH]CCCC(=O)O1. The zero-order valence-corrected chi connectivity index (χ0v) is 11.6. The van der Waals surface area contributed by atoms with Crippen LogP contribution in [0.5, 0.6) is 0 Å². The van der Waals surface area contributed by atoms with Crippen molar-refractivity contribution in [2.24, 2.45) is 11.8 Å². The Morgan fingerprint density at radius 1 is 1.24 bits per heavy atom. The van der Waals surface area contributed by atoms with E-state index in [4.69, 9.17) is 4.74 Å². The fraction of sp³-hybridized carbons (Fsp3) is 0.867. The molecule has 0 amide bonds. The van der Waals surface area contributed by atoms with Crippen LogP contribution < -0.4 is 0 Å². The van der Waals surface area contributed by atoms with Gasteiger partial charge in [-0.15, -0.1) is 0 Å². The molecule has 99 valence electrons. The van der Waals surface area contributed by atoms with E-state index in [-0.39, 0.29) is 12.1 Å². The Bertz CT molecular complexity index is 223. The average Bonchev–Trinajstić information content (AvgIpc) is 2.26. The highest BCUT2D eigenvalue weighted by atomic mass is 16.5. The lowest BCUT2D eigenvalue weighted by molar-refractivity contribution is -0.151. The third-order valence-corrected chi connectivity index (χ3v) is 3.58. The van der Waals surface area contributed by atoms with Crippen molar-refractivity contribution in [2.45, 2.75) is 71.8 Å². The number of ether oxygens (including phenoxy) is 1. The highest BCUT2D eigenvalue weighted by Crippen LogP contribution is 2.21. The van der Waals surface area contributed by atoms with E-state index in [2.05, 4.69) is 27.2 Å². The summed E-state index contributed by atoms with van der Waals surface area (Å²) in [5.41, 5.74) is 0. The molecule has 2 nitrogen and oxygen atoms in total. The van der Waals surface area contributed by atoms with Crippen LogP contribution in [0.1, 0.15) is 65.7 Å². The molecule has 0 N–H and O–H groups in total. The first-order chi connectivity index (χ1) is 8.09. The molecule has 0 saturated carbocycles. The lowest BCUT2D eigenvalue weighted by atomic mass is 9.94. The van der Waals surface area contributed by atoms with Crippen molar-refractivity contribution in [2.75, 3.05) is 0 Å². The van der Waals surface area contributed by atoms with Crippen LogP contribution in [0.25, 0.3) is 0 Å². The van der Waals surface area contributed by atoms with Crippen LogP contribution in [0.4, 0.5) is 0 Å². The van der Waals surface area contributed by atoms with Gasteiger partial charge in [0, 0.05) is 6.42 Å². The van der Waals surface area contributed by atoms with E-state index >= 15 is 0 Å². The van der Waals surface area contributed by atoms with E-state index < -0.39 is 0 Å². The topological polar surface area (TPSA) is 26.3 Å². The molecule has 0 spiro atoms. The van der Waals surface area contributed by atoms with Gasteiger partial charge in [0.25, 0.3) is 0 Å². The van der Waals surface area contributed by atoms with Gasteiger partial charge in [-0.1, -0.05) is 33.6 Å². The van der Waals surface area contributed by atoms with E-state index in [1.54, 1.807) is 0 Å². The second-order valence-electron chi connectivity index (χ2n) is 5.66. The molecule has 0 bridgehead atoms. The first-order valence-corrected chi connectivity index (χ1v) is 7.12. The maximum Gasteiger partial charge on any atom is 0.306 e. The van der Waals surface area contributed by atoms with Gasteiger partial charge in [0.15, 0.2) is 0 Å². The molecule has 2 heteroatoms. The van der Waals surface area contributed by atoms with Crippen molar-refractivity contribution >= 4 is 5.97 Å². The van der Waals surface area contributed by atoms with Crippen LogP contribution in [0.15, 0.2) is 0 Å². The van der Waals surface area contributed by atoms with Crippen molar-refractivity contribution in [3.05, 3.63) is 6.42 Å². The molecule has 0 unspecified atom stereocenters. The van der Waals surface area contributed by atoms with Gasteiger partial charge in [-0.25, -0.2) is 0 Å². The average molecular weight is 239 g/mol. The van der Waals surface area contributed by atoms with Crippen molar-refractivity contribution in [1.82, 2.24) is 0 Å². The summed E-state index contributed by atoms with van der Waals surface area (Å²) in [6.45, 7) is 6.56. The molecule has 0 aromatic rings. The van der Waals surface area contributed by atoms with Gasteiger partial charge in [-0.2, -0.15) is 0 Å². The fourth-order valence-electron chi connectivity index (χ4n) is 2.33. The minimum absolute atomic E-state index is 0.00896. The van der Waals surface area contributed by atoms with Crippen LogP contribution in [0.2, 0.25) is 0 Å². The Hall–Kier alpha value is -0.530. The van der Waals surface area contributed by atoms with Gasteiger partial charge in [-0.3, -0.25) is 4.79 Å². The van der Waals surface area contributed by atoms with Gasteiger partial charge in [0.2, 0.25) is 0 Å². The zero-order chi connectivity index (χ0) is 12.7. The van der Waals surface area contributed by atoms with E-state index in [9.17, 15) is 4.79 Å². The van der Waals surface area contributed by atoms with E-state index in [0.717, 1.165) is 19.3 Å². The molecule has 1 radical (unpaired) electrons. The molecule has 0 aliphatic carbocycles. The van der Waals surface area contributed by atoms with Crippen molar-refractivity contribution in [3.63, 3.8) is 0 Å². The summed E-state index contributed by atoms with van der Waals surface area (Å²) in [5, 5.41) is 0. The molecule has 1 fully saturated rings. The summed E-state index contributed by atoms with van der Waals surface area (Å²) >= 11 is 0. The van der Waals surface area contributed by atoms with Gasteiger partial charge >= 0.3 is 5.97 Å². The smallest absolute Gasteiger partial charge is 0.306 e. The van der Waals surface area contributed by atoms with Crippen LogP contribution in [0, 0.1) is 18.3 Å². The van der Waals surface area contributed by atoms with E-state index in [1.807, 2.05) is 0 Å². The molecule has 0 aromatic carbocycles. The summed E-state index contributed by atoms with van der Waals surface area (Å²) in [5.74, 6) is 1.12. The fourth-order valence-corrected chi connectivity index (χ4v) is 2.33. The summed E-state index contributed by atoms with van der Waals surface area (Å²) in [7, 11) is 0. The van der Waals surface area contributed by atoms with Crippen molar-refractivity contribution in [1.29, 1.82) is 0 Å². The lowest BCUT2D eigenvalue weighted by Crippen LogP contribution is -2.24. The molecule has 17 heavy (non-hydrogen) atoms. The first-order valence-electron chi connectivity index (χ1n) is 7.12.